The third kappa shape index (κ3) is 2.93. The van der Waals surface area contributed by atoms with Gasteiger partial charge in [-0.1, -0.05) is 11.8 Å². The number of hydrogen-bond donors (Lipinski definition) is 5. The van der Waals surface area contributed by atoms with Crippen LogP contribution in [-0.2, 0) is 4.74 Å². The average molecular weight is 343 g/mol. The zero-order valence-corrected chi connectivity index (χ0v) is 12.9. The van der Waals surface area contributed by atoms with Crippen molar-refractivity contribution < 1.29 is 20.1 Å². The molecule has 0 unspecified atom stereocenters. The van der Waals surface area contributed by atoms with Crippen LogP contribution in [0.2, 0.25) is 0 Å². The summed E-state index contributed by atoms with van der Waals surface area (Å²) in [5.41, 5.74) is 5.46. The van der Waals surface area contributed by atoms with Crippen molar-refractivity contribution in [2.24, 2.45) is 0 Å². The fraction of sp³-hybridized carbons (Fsp3) is 0.583. The second kappa shape index (κ2) is 6.45. The van der Waals surface area contributed by atoms with Gasteiger partial charge in [0.1, 0.15) is 12.3 Å². The Hall–Kier alpha value is -1.66. The van der Waals surface area contributed by atoms with Crippen LogP contribution in [0.1, 0.15) is 12.6 Å². The summed E-state index contributed by atoms with van der Waals surface area (Å²) in [6, 6.07) is 0. The van der Waals surface area contributed by atoms with Crippen molar-refractivity contribution in [1.29, 1.82) is 0 Å². The number of thioether (sulfide) groups is 1. The number of nitrogen functional groups attached to an aromatic ring is 1. The van der Waals surface area contributed by atoms with E-state index in [9.17, 15) is 15.0 Å². The first kappa shape index (κ1) is 16.2. The standard InChI is InChI=1S/C12H17N5O5S/c13-11-15-9-8(10(21)16-11)14-12(23-2-1-18)17(9)7-3-5(20)6(4-19)22-7/h5-7,18-20H,1-4H2,(H3,13,15,16,21)/t5-,6+,7+/m0/s1. The summed E-state index contributed by atoms with van der Waals surface area (Å²) in [4.78, 5) is 22.7. The van der Waals surface area contributed by atoms with E-state index in [-0.39, 0.29) is 36.7 Å². The molecular formula is C12H17N5O5S. The normalized spacial score (nSPS) is 24.6. The van der Waals surface area contributed by atoms with Crippen molar-refractivity contribution >= 4 is 28.9 Å². The van der Waals surface area contributed by atoms with Crippen LogP contribution in [0, 0.1) is 0 Å². The van der Waals surface area contributed by atoms with Gasteiger partial charge in [-0.05, 0) is 0 Å². The second-order valence-corrected chi connectivity index (χ2v) is 6.14. The molecule has 10 nitrogen and oxygen atoms in total. The summed E-state index contributed by atoms with van der Waals surface area (Å²) in [6.07, 6.45) is -1.97. The van der Waals surface area contributed by atoms with Crippen LogP contribution in [0.15, 0.2) is 9.95 Å². The molecule has 0 aromatic carbocycles. The minimum Gasteiger partial charge on any atom is -0.396 e. The van der Waals surface area contributed by atoms with Crippen LogP contribution >= 0.6 is 11.8 Å². The maximum atomic E-state index is 12.0. The summed E-state index contributed by atoms with van der Waals surface area (Å²) in [5, 5.41) is 28.6. The van der Waals surface area contributed by atoms with E-state index in [1.807, 2.05) is 0 Å². The Bertz CT molecular complexity index is 762. The maximum Gasteiger partial charge on any atom is 0.280 e. The molecule has 3 rings (SSSR count). The molecule has 6 N–H and O–H groups in total. The highest BCUT2D eigenvalue weighted by Gasteiger charge is 2.37. The molecule has 0 bridgehead atoms. The molecule has 0 aliphatic carbocycles. The Kier molecular flexibility index (Phi) is 4.55. The Labute approximate surface area is 134 Å². The first-order chi connectivity index (χ1) is 11.0. The number of aromatic nitrogens is 4. The lowest BCUT2D eigenvalue weighted by Gasteiger charge is -2.16. The number of anilines is 1. The van der Waals surface area contributed by atoms with Crippen molar-refractivity contribution in [2.75, 3.05) is 24.7 Å². The first-order valence-corrected chi connectivity index (χ1v) is 7.99. The number of fused-ring (bicyclic) bond motifs is 1. The van der Waals surface area contributed by atoms with Crippen molar-refractivity contribution in [2.45, 2.75) is 30.0 Å². The smallest absolute Gasteiger partial charge is 0.280 e. The first-order valence-electron chi connectivity index (χ1n) is 7.01. The van der Waals surface area contributed by atoms with Crippen molar-refractivity contribution in [1.82, 2.24) is 19.5 Å². The molecule has 0 amide bonds. The minimum atomic E-state index is -0.836. The van der Waals surface area contributed by atoms with Gasteiger partial charge in [-0.25, -0.2) is 4.98 Å². The quantitative estimate of drug-likeness (QED) is 0.404. The number of rotatable bonds is 5. The van der Waals surface area contributed by atoms with Crippen LogP contribution < -0.4 is 11.3 Å². The van der Waals surface area contributed by atoms with Crippen molar-refractivity contribution in [3.63, 3.8) is 0 Å². The van der Waals surface area contributed by atoms with E-state index in [1.165, 1.54) is 11.8 Å². The van der Waals surface area contributed by atoms with E-state index in [2.05, 4.69) is 15.0 Å². The van der Waals surface area contributed by atoms with E-state index in [4.69, 9.17) is 15.6 Å². The van der Waals surface area contributed by atoms with E-state index in [0.717, 1.165) is 0 Å². The lowest BCUT2D eigenvalue weighted by Crippen LogP contribution is -2.24. The van der Waals surface area contributed by atoms with Crippen LogP contribution in [0.5, 0.6) is 0 Å². The highest BCUT2D eigenvalue weighted by atomic mass is 32.2. The number of ether oxygens (including phenoxy) is 1. The van der Waals surface area contributed by atoms with E-state index in [1.54, 1.807) is 4.57 Å². The van der Waals surface area contributed by atoms with Gasteiger partial charge in [0, 0.05) is 12.2 Å². The largest absolute Gasteiger partial charge is 0.396 e. The van der Waals surface area contributed by atoms with Crippen LogP contribution in [0.25, 0.3) is 11.2 Å². The predicted octanol–water partition coefficient (Wildman–Crippen LogP) is -1.57. The lowest BCUT2D eigenvalue weighted by atomic mass is 10.2. The Morgan fingerprint density at radius 1 is 1.43 bits per heavy atom. The third-order valence-electron chi connectivity index (χ3n) is 3.53. The molecule has 1 saturated heterocycles. The molecule has 3 heterocycles. The van der Waals surface area contributed by atoms with Gasteiger partial charge in [0.05, 0.1) is 19.3 Å². The number of imidazole rings is 1. The summed E-state index contributed by atoms with van der Waals surface area (Å²) in [5.74, 6) is 0.315. The molecule has 11 heteroatoms. The molecule has 1 fully saturated rings. The number of nitrogens with two attached hydrogens (primary N) is 1. The summed E-state index contributed by atoms with van der Waals surface area (Å²) < 4.78 is 7.20. The fourth-order valence-electron chi connectivity index (χ4n) is 2.52. The predicted molar refractivity (Wildman–Crippen MR) is 82.0 cm³/mol. The average Bonchev–Trinajstić information content (AvgIpc) is 3.05. The van der Waals surface area contributed by atoms with E-state index >= 15 is 0 Å². The highest BCUT2D eigenvalue weighted by molar-refractivity contribution is 7.99. The molecule has 2 aromatic rings. The second-order valence-electron chi connectivity index (χ2n) is 5.07. The zero-order chi connectivity index (χ0) is 16.6. The van der Waals surface area contributed by atoms with Gasteiger partial charge in [0.25, 0.3) is 5.56 Å². The number of hydrogen-bond acceptors (Lipinski definition) is 9. The van der Waals surface area contributed by atoms with Crippen molar-refractivity contribution in [3.05, 3.63) is 10.4 Å². The number of aromatic amines is 1. The van der Waals surface area contributed by atoms with Gasteiger partial charge in [0.15, 0.2) is 16.3 Å². The van der Waals surface area contributed by atoms with Gasteiger partial charge in [-0.3, -0.25) is 14.3 Å². The van der Waals surface area contributed by atoms with Crippen LogP contribution in [-0.4, -0.2) is 66.0 Å². The number of aliphatic hydroxyl groups is 3. The fourth-order valence-corrected chi connectivity index (χ4v) is 3.29. The molecule has 0 radical (unpaired) electrons. The Morgan fingerprint density at radius 3 is 2.87 bits per heavy atom. The topological polar surface area (TPSA) is 160 Å². The number of aliphatic hydroxyl groups excluding tert-OH is 3. The molecule has 1 aliphatic rings. The molecule has 3 atom stereocenters. The summed E-state index contributed by atoms with van der Waals surface area (Å²) >= 11 is 1.23. The van der Waals surface area contributed by atoms with Gasteiger partial charge in [0.2, 0.25) is 5.95 Å². The van der Waals surface area contributed by atoms with E-state index in [0.29, 0.717) is 10.9 Å². The molecule has 2 aromatic heterocycles. The SMILES string of the molecule is Nc1nc2c(nc(SCCO)n2[C@H]2C[C@H](O)[C@@H](CO)O2)c(=O)[nH]1. The van der Waals surface area contributed by atoms with Gasteiger partial charge >= 0.3 is 0 Å². The molecule has 0 saturated carbocycles. The number of H-pyrrole nitrogens is 1. The number of nitrogens with one attached hydrogen (secondary N) is 1. The molecule has 0 spiro atoms. The van der Waals surface area contributed by atoms with Gasteiger partial charge in [-0.15, -0.1) is 0 Å². The van der Waals surface area contributed by atoms with E-state index < -0.39 is 24.0 Å². The Morgan fingerprint density at radius 2 is 2.22 bits per heavy atom. The maximum absolute atomic E-state index is 12.0. The summed E-state index contributed by atoms with van der Waals surface area (Å²) in [7, 11) is 0. The highest BCUT2D eigenvalue weighted by Crippen LogP contribution is 2.34. The molecule has 1 aliphatic heterocycles. The van der Waals surface area contributed by atoms with Gasteiger partial charge in [-0.2, -0.15) is 4.98 Å². The molecular weight excluding hydrogens is 326 g/mol. The zero-order valence-electron chi connectivity index (χ0n) is 12.0. The third-order valence-corrected chi connectivity index (χ3v) is 4.46. The number of nitrogens with zero attached hydrogens (tertiary/aromatic N) is 3. The van der Waals surface area contributed by atoms with Gasteiger partial charge < -0.3 is 25.8 Å². The molecule has 23 heavy (non-hydrogen) atoms. The van der Waals surface area contributed by atoms with Crippen LogP contribution in [0.3, 0.4) is 0 Å². The van der Waals surface area contributed by atoms with Crippen LogP contribution in [0.4, 0.5) is 5.95 Å². The lowest BCUT2D eigenvalue weighted by molar-refractivity contribution is -0.0457. The monoisotopic (exact) mass is 343 g/mol. The Balaban J connectivity index is 2.11. The summed E-state index contributed by atoms with van der Waals surface area (Å²) in [6.45, 7) is -0.382. The minimum absolute atomic E-state index is 0.0559. The van der Waals surface area contributed by atoms with Crippen molar-refractivity contribution in [3.8, 4) is 0 Å². The molecule has 126 valence electrons.